The van der Waals surface area contributed by atoms with E-state index in [1.807, 2.05) is 0 Å². The third-order valence-electron chi connectivity index (χ3n) is 1.40. The number of ether oxygens (including phenoxy) is 2. The van der Waals surface area contributed by atoms with Crippen LogP contribution in [0.4, 0.5) is 0 Å². The van der Waals surface area contributed by atoms with Crippen molar-refractivity contribution in [1.29, 1.82) is 0 Å². The Balaban J connectivity index is 2.69. The van der Waals surface area contributed by atoms with Crippen molar-refractivity contribution < 1.29 is 9.47 Å². The van der Waals surface area contributed by atoms with Crippen LogP contribution in [0.2, 0.25) is 0 Å². The van der Waals surface area contributed by atoms with Crippen molar-refractivity contribution in [2.24, 2.45) is 0 Å². The smallest absolute Gasteiger partial charge is 0.0465 e. The first-order valence-corrected chi connectivity index (χ1v) is 5.52. The summed E-state index contributed by atoms with van der Waals surface area (Å²) < 4.78 is 9.90. The van der Waals surface area contributed by atoms with Gasteiger partial charge in [-0.25, -0.2) is 0 Å². The van der Waals surface area contributed by atoms with E-state index < -0.39 is 0 Å². The molecule has 0 aromatic heterocycles. The minimum absolute atomic E-state index is 0.914. The van der Waals surface area contributed by atoms with Crippen LogP contribution in [0.5, 0.6) is 0 Å². The zero-order valence-electron chi connectivity index (χ0n) is 7.56. The zero-order chi connectivity index (χ0) is 8.36. The van der Waals surface area contributed by atoms with Crippen LogP contribution in [-0.2, 0) is 9.47 Å². The molecule has 0 saturated carbocycles. The fourth-order valence-electron chi connectivity index (χ4n) is 0.808. The van der Waals surface area contributed by atoms with E-state index in [2.05, 4.69) is 0 Å². The first-order valence-electron chi connectivity index (χ1n) is 4.10. The summed E-state index contributed by atoms with van der Waals surface area (Å²) in [5.74, 6) is 0. The van der Waals surface area contributed by atoms with E-state index in [1.165, 1.54) is 25.2 Å². The second kappa shape index (κ2) is 10.3. The van der Waals surface area contributed by atoms with Gasteiger partial charge in [-0.05, 0) is 25.2 Å². The predicted molar refractivity (Wildman–Crippen MR) is 51.0 cm³/mol. The molecule has 0 aliphatic heterocycles. The Bertz CT molecular complexity index is 61.1. The van der Waals surface area contributed by atoms with Gasteiger partial charge in [0.15, 0.2) is 0 Å². The van der Waals surface area contributed by atoms with Crippen LogP contribution in [-0.4, -0.2) is 39.8 Å². The van der Waals surface area contributed by atoms with E-state index in [0.29, 0.717) is 0 Å². The average molecular weight is 178 g/mol. The van der Waals surface area contributed by atoms with Crippen molar-refractivity contribution >= 4 is 8.58 Å². The van der Waals surface area contributed by atoms with E-state index in [-0.39, 0.29) is 0 Å². The van der Waals surface area contributed by atoms with Gasteiger partial charge in [0.2, 0.25) is 0 Å². The molecular formula is C8H19O2P. The minimum Gasteiger partial charge on any atom is -0.385 e. The van der Waals surface area contributed by atoms with Crippen LogP contribution in [0, 0.1) is 0 Å². The second-order valence-electron chi connectivity index (χ2n) is 2.44. The van der Waals surface area contributed by atoms with Crippen molar-refractivity contribution in [2.45, 2.75) is 12.8 Å². The average Bonchev–Trinajstić information content (AvgIpc) is 2.03. The summed E-state index contributed by atoms with van der Waals surface area (Å²) in [6.45, 7) is 1.83. The van der Waals surface area contributed by atoms with E-state index in [9.17, 15) is 0 Å². The molecule has 0 spiro atoms. The molecule has 0 saturated heterocycles. The zero-order valence-corrected chi connectivity index (χ0v) is 8.56. The van der Waals surface area contributed by atoms with Crippen LogP contribution in [0.15, 0.2) is 0 Å². The lowest BCUT2D eigenvalue weighted by Gasteiger charge is -2.00. The third-order valence-corrected chi connectivity index (χ3v) is 2.82. The fraction of sp³-hybridized carbons (Fsp3) is 1.00. The van der Waals surface area contributed by atoms with Crippen molar-refractivity contribution in [3.05, 3.63) is 0 Å². The Hall–Kier alpha value is 0.350. The van der Waals surface area contributed by atoms with Crippen LogP contribution in [0.1, 0.15) is 12.8 Å². The Labute approximate surface area is 71.4 Å². The largest absolute Gasteiger partial charge is 0.385 e. The van der Waals surface area contributed by atoms with Gasteiger partial charge in [0.1, 0.15) is 0 Å². The highest BCUT2D eigenvalue weighted by molar-refractivity contribution is 7.37. The van der Waals surface area contributed by atoms with Gasteiger partial charge >= 0.3 is 0 Å². The number of rotatable bonds is 8. The summed E-state index contributed by atoms with van der Waals surface area (Å²) in [6, 6.07) is 0. The molecule has 0 rings (SSSR count). The lowest BCUT2D eigenvalue weighted by atomic mass is 10.5. The molecule has 0 aromatic rings. The molecule has 2 nitrogen and oxygen atoms in total. The molecular weight excluding hydrogens is 159 g/mol. The van der Waals surface area contributed by atoms with Gasteiger partial charge < -0.3 is 9.47 Å². The Kier molecular flexibility index (Phi) is 10.7. The quantitative estimate of drug-likeness (QED) is 0.416. The first kappa shape index (κ1) is 11.4. The summed E-state index contributed by atoms with van der Waals surface area (Å²) in [5.41, 5.74) is 0. The topological polar surface area (TPSA) is 18.5 Å². The first-order chi connectivity index (χ1) is 5.41. The molecule has 68 valence electrons. The highest BCUT2D eigenvalue weighted by Gasteiger charge is 1.88. The molecule has 0 aliphatic rings. The number of methoxy groups -OCH3 is 2. The molecule has 0 fully saturated rings. The third kappa shape index (κ3) is 10.4. The van der Waals surface area contributed by atoms with Crippen LogP contribution < -0.4 is 0 Å². The molecule has 0 unspecified atom stereocenters. The molecule has 3 heteroatoms. The van der Waals surface area contributed by atoms with E-state index >= 15 is 0 Å². The predicted octanol–water partition coefficient (Wildman–Crippen LogP) is 1.74. The standard InChI is InChI=1S/C8H19O2P/c1-9-5-3-7-11-8-4-6-10-2/h11H,3-8H2,1-2H3. The minimum atomic E-state index is 0.914. The summed E-state index contributed by atoms with van der Waals surface area (Å²) in [5, 5.41) is 0. The summed E-state index contributed by atoms with van der Waals surface area (Å²) >= 11 is 0. The molecule has 0 aliphatic carbocycles. The van der Waals surface area contributed by atoms with Gasteiger partial charge in [-0.1, -0.05) is 0 Å². The van der Waals surface area contributed by atoms with Gasteiger partial charge in [0.25, 0.3) is 0 Å². The molecule has 0 amide bonds. The molecule has 0 N–H and O–H groups in total. The SMILES string of the molecule is COCCCPCCCOC. The maximum atomic E-state index is 4.95. The molecule has 0 bridgehead atoms. The van der Waals surface area contributed by atoms with Crippen LogP contribution >= 0.6 is 8.58 Å². The molecule has 0 aromatic carbocycles. The van der Waals surface area contributed by atoms with Crippen molar-refractivity contribution in [3.63, 3.8) is 0 Å². The highest BCUT2D eigenvalue weighted by atomic mass is 31.1. The van der Waals surface area contributed by atoms with Gasteiger partial charge in [-0.3, -0.25) is 0 Å². The summed E-state index contributed by atoms with van der Waals surface area (Å²) in [6.07, 6.45) is 5.05. The Morgan fingerprint density at radius 3 is 1.73 bits per heavy atom. The lowest BCUT2D eigenvalue weighted by molar-refractivity contribution is 0.199. The Morgan fingerprint density at radius 1 is 0.909 bits per heavy atom. The Morgan fingerprint density at radius 2 is 1.36 bits per heavy atom. The molecule has 0 atom stereocenters. The van der Waals surface area contributed by atoms with Gasteiger partial charge in [-0.2, -0.15) is 0 Å². The number of hydrogen-bond donors (Lipinski definition) is 0. The van der Waals surface area contributed by atoms with Crippen molar-refractivity contribution in [3.8, 4) is 0 Å². The molecule has 0 heterocycles. The van der Waals surface area contributed by atoms with E-state index in [0.717, 1.165) is 21.8 Å². The monoisotopic (exact) mass is 178 g/mol. The van der Waals surface area contributed by atoms with E-state index in [1.54, 1.807) is 14.2 Å². The second-order valence-corrected chi connectivity index (χ2v) is 3.94. The van der Waals surface area contributed by atoms with Gasteiger partial charge in [0.05, 0.1) is 0 Å². The van der Waals surface area contributed by atoms with Gasteiger partial charge in [-0.15, -0.1) is 8.58 Å². The van der Waals surface area contributed by atoms with Crippen molar-refractivity contribution in [2.75, 3.05) is 39.8 Å². The van der Waals surface area contributed by atoms with Gasteiger partial charge in [0, 0.05) is 27.4 Å². The van der Waals surface area contributed by atoms with Crippen LogP contribution in [0.3, 0.4) is 0 Å². The summed E-state index contributed by atoms with van der Waals surface area (Å²) in [7, 11) is 4.61. The fourth-order valence-corrected chi connectivity index (χ4v) is 1.85. The number of hydrogen-bond acceptors (Lipinski definition) is 2. The highest BCUT2D eigenvalue weighted by Crippen LogP contribution is 2.12. The molecule has 11 heavy (non-hydrogen) atoms. The normalized spacial score (nSPS) is 10.4. The maximum absolute atomic E-state index is 4.95. The molecule has 0 radical (unpaired) electrons. The van der Waals surface area contributed by atoms with Crippen molar-refractivity contribution in [1.82, 2.24) is 0 Å². The maximum Gasteiger partial charge on any atom is 0.0465 e. The van der Waals surface area contributed by atoms with Crippen LogP contribution in [0.25, 0.3) is 0 Å². The van der Waals surface area contributed by atoms with E-state index in [4.69, 9.17) is 9.47 Å². The summed E-state index contributed by atoms with van der Waals surface area (Å²) in [4.78, 5) is 0. The lowest BCUT2D eigenvalue weighted by Crippen LogP contribution is -1.92.